The summed E-state index contributed by atoms with van der Waals surface area (Å²) in [7, 11) is 0. The number of aromatic nitrogens is 2. The molecule has 1 N–H and O–H groups in total. The van der Waals surface area contributed by atoms with Crippen LogP contribution in [-0.4, -0.2) is 15.5 Å². The first kappa shape index (κ1) is 23.7. The van der Waals surface area contributed by atoms with Crippen molar-refractivity contribution >= 4 is 34.1 Å². The van der Waals surface area contributed by atoms with E-state index in [9.17, 15) is 9.59 Å². The normalized spacial score (nSPS) is 11.0. The Hall–Kier alpha value is -3.44. The maximum atomic E-state index is 13.5. The molecule has 4 rings (SSSR count). The molecular formula is C28H28ClN3O2. The Morgan fingerprint density at radius 1 is 0.941 bits per heavy atom. The third kappa shape index (κ3) is 5.37. The first-order valence-corrected chi connectivity index (χ1v) is 12.0. The fourth-order valence-electron chi connectivity index (χ4n) is 4.00. The van der Waals surface area contributed by atoms with Crippen LogP contribution in [0.1, 0.15) is 44.5 Å². The molecule has 0 aliphatic rings. The second-order valence-corrected chi connectivity index (χ2v) is 8.84. The minimum absolute atomic E-state index is 0.0569. The highest BCUT2D eigenvalue weighted by Crippen LogP contribution is 2.23. The second-order valence-electron chi connectivity index (χ2n) is 8.40. The number of carbonyl (C=O) groups excluding carboxylic acids is 1. The highest BCUT2D eigenvalue weighted by Gasteiger charge is 2.13. The first-order valence-electron chi connectivity index (χ1n) is 11.7. The van der Waals surface area contributed by atoms with Crippen LogP contribution in [0.25, 0.3) is 22.0 Å². The Balaban J connectivity index is 1.67. The van der Waals surface area contributed by atoms with Crippen molar-refractivity contribution < 1.29 is 4.79 Å². The molecule has 0 saturated heterocycles. The van der Waals surface area contributed by atoms with Crippen LogP contribution in [0.2, 0.25) is 5.02 Å². The van der Waals surface area contributed by atoms with Crippen molar-refractivity contribution in [1.82, 2.24) is 9.55 Å². The third-order valence-corrected chi connectivity index (χ3v) is 5.99. The number of fused-ring (bicyclic) bond motifs is 1. The van der Waals surface area contributed by atoms with E-state index in [-0.39, 0.29) is 11.5 Å². The van der Waals surface area contributed by atoms with Crippen molar-refractivity contribution in [3.8, 4) is 11.1 Å². The zero-order chi connectivity index (χ0) is 24.1. The maximum absolute atomic E-state index is 13.5. The Labute approximate surface area is 204 Å². The lowest BCUT2D eigenvalue weighted by atomic mass is 10.0. The van der Waals surface area contributed by atoms with Crippen molar-refractivity contribution in [3.05, 3.63) is 93.5 Å². The van der Waals surface area contributed by atoms with Gasteiger partial charge in [-0.2, -0.15) is 0 Å². The lowest BCUT2D eigenvalue weighted by Crippen LogP contribution is -2.26. The summed E-state index contributed by atoms with van der Waals surface area (Å²) in [5.41, 5.74) is 4.37. The molecule has 34 heavy (non-hydrogen) atoms. The zero-order valence-corrected chi connectivity index (χ0v) is 20.2. The minimum Gasteiger partial charge on any atom is -0.326 e. The van der Waals surface area contributed by atoms with E-state index in [2.05, 4.69) is 24.4 Å². The van der Waals surface area contributed by atoms with Crippen molar-refractivity contribution in [2.45, 2.75) is 46.1 Å². The quantitative estimate of drug-likeness (QED) is 0.319. The summed E-state index contributed by atoms with van der Waals surface area (Å²) in [6.07, 6.45) is 2.81. The molecule has 0 saturated carbocycles. The average molecular weight is 474 g/mol. The molecule has 1 amide bonds. The number of hydrogen-bond acceptors (Lipinski definition) is 3. The zero-order valence-electron chi connectivity index (χ0n) is 19.5. The van der Waals surface area contributed by atoms with Crippen LogP contribution in [-0.2, 0) is 17.8 Å². The van der Waals surface area contributed by atoms with Gasteiger partial charge in [0.05, 0.1) is 17.4 Å². The van der Waals surface area contributed by atoms with E-state index in [1.807, 2.05) is 49.4 Å². The van der Waals surface area contributed by atoms with Crippen molar-refractivity contribution in [1.29, 1.82) is 0 Å². The molecule has 0 aliphatic carbocycles. The number of benzene rings is 3. The van der Waals surface area contributed by atoms with E-state index < -0.39 is 0 Å². The number of halogens is 1. The number of carbonyl (C=O) groups is 1. The predicted molar refractivity (Wildman–Crippen MR) is 140 cm³/mol. The standard InChI is InChI=1S/C28H28ClN3O2/c1-3-5-26-31-25-16-15-23(30-27(33)6-4-2)17-24(25)28(34)32(26)18-19-7-9-20(10-8-19)21-11-13-22(29)14-12-21/h7-17H,3-6,18H2,1-2H3,(H,30,33). The second kappa shape index (κ2) is 10.7. The average Bonchev–Trinajstić information content (AvgIpc) is 2.83. The maximum Gasteiger partial charge on any atom is 0.261 e. The lowest BCUT2D eigenvalue weighted by Gasteiger charge is -2.14. The summed E-state index contributed by atoms with van der Waals surface area (Å²) in [4.78, 5) is 30.3. The molecular weight excluding hydrogens is 446 g/mol. The van der Waals surface area contributed by atoms with Gasteiger partial charge in [-0.15, -0.1) is 0 Å². The minimum atomic E-state index is -0.0955. The number of nitrogens with one attached hydrogen (secondary N) is 1. The Kier molecular flexibility index (Phi) is 7.43. The highest BCUT2D eigenvalue weighted by atomic mass is 35.5. The van der Waals surface area contributed by atoms with Gasteiger partial charge in [-0.1, -0.05) is 61.8 Å². The van der Waals surface area contributed by atoms with E-state index in [0.717, 1.165) is 35.4 Å². The predicted octanol–water partition coefficient (Wildman–Crippen LogP) is 6.46. The van der Waals surface area contributed by atoms with E-state index in [1.54, 1.807) is 16.7 Å². The molecule has 0 aliphatic heterocycles. The van der Waals surface area contributed by atoms with E-state index in [4.69, 9.17) is 16.6 Å². The van der Waals surface area contributed by atoms with Gasteiger partial charge < -0.3 is 5.32 Å². The van der Waals surface area contributed by atoms with Gasteiger partial charge in [0.25, 0.3) is 5.56 Å². The van der Waals surface area contributed by atoms with Gasteiger partial charge in [-0.05, 0) is 59.9 Å². The third-order valence-electron chi connectivity index (χ3n) is 5.74. The number of anilines is 1. The summed E-state index contributed by atoms with van der Waals surface area (Å²) in [5.74, 6) is 0.711. The van der Waals surface area contributed by atoms with Crippen LogP contribution >= 0.6 is 11.6 Å². The van der Waals surface area contributed by atoms with Gasteiger partial charge in [0.1, 0.15) is 5.82 Å². The topological polar surface area (TPSA) is 64.0 Å². The van der Waals surface area contributed by atoms with Crippen molar-refractivity contribution in [3.63, 3.8) is 0 Å². The van der Waals surface area contributed by atoms with Gasteiger partial charge >= 0.3 is 0 Å². The molecule has 4 aromatic rings. The van der Waals surface area contributed by atoms with Gasteiger partial charge in [0.15, 0.2) is 0 Å². The van der Waals surface area contributed by atoms with Gasteiger partial charge in [-0.3, -0.25) is 14.2 Å². The smallest absolute Gasteiger partial charge is 0.261 e. The highest BCUT2D eigenvalue weighted by molar-refractivity contribution is 6.30. The van der Waals surface area contributed by atoms with Crippen LogP contribution in [0.3, 0.4) is 0 Å². The molecule has 3 aromatic carbocycles. The van der Waals surface area contributed by atoms with Gasteiger partial charge in [0, 0.05) is 23.6 Å². The summed E-state index contributed by atoms with van der Waals surface area (Å²) in [6, 6.07) is 21.3. The molecule has 0 atom stereocenters. The molecule has 0 unspecified atom stereocenters. The molecule has 0 bridgehead atoms. The monoisotopic (exact) mass is 473 g/mol. The van der Waals surface area contributed by atoms with Crippen molar-refractivity contribution in [2.75, 3.05) is 5.32 Å². The van der Waals surface area contributed by atoms with Gasteiger partial charge in [0.2, 0.25) is 5.91 Å². The van der Waals surface area contributed by atoms with Crippen LogP contribution in [0.15, 0.2) is 71.5 Å². The first-order chi connectivity index (χ1) is 16.5. The molecule has 0 spiro atoms. The molecule has 174 valence electrons. The number of hydrogen-bond donors (Lipinski definition) is 1. The number of amides is 1. The van der Waals surface area contributed by atoms with E-state index in [0.29, 0.717) is 41.0 Å². The largest absolute Gasteiger partial charge is 0.326 e. The molecule has 1 aromatic heterocycles. The number of nitrogens with zero attached hydrogens (tertiary/aromatic N) is 2. The van der Waals surface area contributed by atoms with Crippen LogP contribution in [0, 0.1) is 0 Å². The number of rotatable bonds is 8. The molecule has 1 heterocycles. The van der Waals surface area contributed by atoms with Crippen LogP contribution in [0.5, 0.6) is 0 Å². The summed E-state index contributed by atoms with van der Waals surface area (Å²) < 4.78 is 1.75. The SMILES string of the molecule is CCCC(=O)Nc1ccc2nc(CCC)n(Cc3ccc(-c4ccc(Cl)cc4)cc3)c(=O)c2c1. The summed E-state index contributed by atoms with van der Waals surface area (Å²) in [5, 5.41) is 4.09. The summed E-state index contributed by atoms with van der Waals surface area (Å²) in [6.45, 7) is 4.47. The van der Waals surface area contributed by atoms with E-state index in [1.165, 1.54) is 0 Å². The number of aryl methyl sites for hydroxylation is 1. The van der Waals surface area contributed by atoms with Gasteiger partial charge in [-0.25, -0.2) is 4.98 Å². The Morgan fingerprint density at radius 3 is 2.26 bits per heavy atom. The molecule has 0 radical (unpaired) electrons. The lowest BCUT2D eigenvalue weighted by molar-refractivity contribution is -0.116. The Morgan fingerprint density at radius 2 is 1.62 bits per heavy atom. The van der Waals surface area contributed by atoms with Crippen LogP contribution in [0.4, 0.5) is 5.69 Å². The molecule has 0 fully saturated rings. The van der Waals surface area contributed by atoms with Crippen LogP contribution < -0.4 is 10.9 Å². The fourth-order valence-corrected chi connectivity index (χ4v) is 4.13. The van der Waals surface area contributed by atoms with E-state index >= 15 is 0 Å². The molecule has 6 heteroatoms. The molecule has 5 nitrogen and oxygen atoms in total. The Bertz CT molecular complexity index is 1360. The summed E-state index contributed by atoms with van der Waals surface area (Å²) >= 11 is 6.00. The van der Waals surface area contributed by atoms with Crippen molar-refractivity contribution in [2.24, 2.45) is 0 Å². The fraction of sp³-hybridized carbons (Fsp3) is 0.250.